The molecule has 2 amide bonds. The summed E-state index contributed by atoms with van der Waals surface area (Å²) in [7, 11) is 1.56. The normalized spacial score (nSPS) is 10.9. The van der Waals surface area contributed by atoms with Crippen LogP contribution >= 0.6 is 0 Å². The fraction of sp³-hybridized carbons (Fsp3) is 0.231. The smallest absolute Gasteiger partial charge is 0.251 e. The second-order valence-corrected chi connectivity index (χ2v) is 8.15. The third-order valence-corrected chi connectivity index (χ3v) is 5.48. The first-order chi connectivity index (χ1) is 16.9. The fourth-order valence-electron chi connectivity index (χ4n) is 3.74. The lowest BCUT2D eigenvalue weighted by atomic mass is 10.1. The Morgan fingerprint density at radius 3 is 2.74 bits per heavy atom. The van der Waals surface area contributed by atoms with Crippen LogP contribution in [-0.4, -0.2) is 33.6 Å². The maximum absolute atomic E-state index is 14.9. The number of benzene rings is 2. The molecule has 0 atom stereocenters. The quantitative estimate of drug-likeness (QED) is 0.387. The molecule has 2 aromatic carbocycles. The van der Waals surface area contributed by atoms with E-state index in [0.29, 0.717) is 39.2 Å². The molecule has 0 fully saturated rings. The highest BCUT2D eigenvalue weighted by molar-refractivity contribution is 5.99. The van der Waals surface area contributed by atoms with Crippen LogP contribution in [0.15, 0.2) is 55.0 Å². The second kappa shape index (κ2) is 10.3. The zero-order valence-corrected chi connectivity index (χ0v) is 19.8. The van der Waals surface area contributed by atoms with Gasteiger partial charge >= 0.3 is 0 Å². The molecule has 2 aromatic heterocycles. The molecule has 35 heavy (non-hydrogen) atoms. The maximum atomic E-state index is 14.9. The Labute approximate surface area is 202 Å². The minimum Gasteiger partial charge on any atom is -0.456 e. The third-order valence-electron chi connectivity index (χ3n) is 5.48. The van der Waals surface area contributed by atoms with Crippen LogP contribution in [0.1, 0.15) is 34.8 Å². The number of aryl methyl sites for hydroxylation is 2. The number of carbonyl (C=O) groups excluding carboxylic acids is 2. The maximum Gasteiger partial charge on any atom is 0.251 e. The van der Waals surface area contributed by atoms with Gasteiger partial charge in [-0.05, 0) is 54.8 Å². The minimum atomic E-state index is -0.549. The molecular formula is C26H26FN5O3. The molecule has 0 radical (unpaired) electrons. The number of halogens is 1. The van der Waals surface area contributed by atoms with E-state index in [9.17, 15) is 14.0 Å². The first-order valence-electron chi connectivity index (χ1n) is 11.3. The van der Waals surface area contributed by atoms with Crippen LogP contribution in [0.5, 0.6) is 11.5 Å². The highest BCUT2D eigenvalue weighted by atomic mass is 19.1. The molecule has 0 aliphatic heterocycles. The van der Waals surface area contributed by atoms with Crippen LogP contribution in [0.3, 0.4) is 0 Å². The summed E-state index contributed by atoms with van der Waals surface area (Å²) in [6, 6.07) is 9.62. The number of hydrogen-bond acceptors (Lipinski definition) is 5. The molecule has 0 saturated heterocycles. The van der Waals surface area contributed by atoms with Gasteiger partial charge in [-0.1, -0.05) is 6.92 Å². The summed E-state index contributed by atoms with van der Waals surface area (Å²) >= 11 is 0. The van der Waals surface area contributed by atoms with E-state index in [1.165, 1.54) is 6.07 Å². The van der Waals surface area contributed by atoms with Gasteiger partial charge in [-0.25, -0.2) is 4.39 Å². The highest BCUT2D eigenvalue weighted by Gasteiger charge is 2.15. The summed E-state index contributed by atoms with van der Waals surface area (Å²) in [6.45, 7) is 4.58. The monoisotopic (exact) mass is 475 g/mol. The van der Waals surface area contributed by atoms with Gasteiger partial charge in [-0.3, -0.25) is 19.3 Å². The van der Waals surface area contributed by atoms with E-state index in [0.717, 1.165) is 13.0 Å². The average Bonchev–Trinajstić information content (AvgIpc) is 3.28. The Morgan fingerprint density at radius 2 is 1.97 bits per heavy atom. The van der Waals surface area contributed by atoms with Crippen LogP contribution < -0.4 is 15.4 Å². The number of nitrogens with one attached hydrogen (secondary N) is 2. The van der Waals surface area contributed by atoms with Crippen molar-refractivity contribution >= 4 is 28.4 Å². The van der Waals surface area contributed by atoms with Crippen LogP contribution in [0.25, 0.3) is 10.9 Å². The van der Waals surface area contributed by atoms with Crippen LogP contribution in [0.4, 0.5) is 10.1 Å². The molecule has 0 aliphatic carbocycles. The Balaban J connectivity index is 1.53. The summed E-state index contributed by atoms with van der Waals surface area (Å²) in [5.74, 6) is -0.367. The van der Waals surface area contributed by atoms with Crippen molar-refractivity contribution in [3.8, 4) is 11.5 Å². The Morgan fingerprint density at radius 1 is 1.14 bits per heavy atom. The predicted octanol–water partition coefficient (Wildman–Crippen LogP) is 4.62. The molecule has 2 heterocycles. The number of nitrogens with zero attached hydrogens (tertiary/aromatic N) is 3. The molecule has 0 unspecified atom stereocenters. The molecule has 8 nitrogen and oxygen atoms in total. The van der Waals surface area contributed by atoms with E-state index in [1.54, 1.807) is 67.6 Å². The molecule has 180 valence electrons. The van der Waals surface area contributed by atoms with Gasteiger partial charge in [-0.2, -0.15) is 5.10 Å². The van der Waals surface area contributed by atoms with Crippen LogP contribution in [-0.2, 0) is 17.8 Å². The van der Waals surface area contributed by atoms with Gasteiger partial charge in [0, 0.05) is 43.0 Å². The van der Waals surface area contributed by atoms with Crippen molar-refractivity contribution in [2.24, 2.45) is 0 Å². The number of pyridine rings is 1. The van der Waals surface area contributed by atoms with Crippen molar-refractivity contribution in [3.05, 3.63) is 77.5 Å². The minimum absolute atomic E-state index is 0.125. The van der Waals surface area contributed by atoms with Gasteiger partial charge in [0.15, 0.2) is 0 Å². The first-order valence-corrected chi connectivity index (χ1v) is 11.3. The number of anilines is 1. The standard InChI is InChI=1S/C26H26FN5O3/c1-4-9-32-15-19(14-30-32)31-25(33)12-18-10-16(2)24(13-21(18)27)35-23-7-8-29-22-6-5-17(11-20(22)23)26(34)28-3/h5-8,10-11,13-15H,4,9,12H2,1-3H3,(H,28,34)(H,31,33). The van der Waals surface area contributed by atoms with Crippen molar-refractivity contribution in [2.45, 2.75) is 33.2 Å². The SMILES string of the molecule is CCCn1cc(NC(=O)Cc2cc(C)c(Oc3ccnc4ccc(C(=O)NC)cc34)cc2F)cn1. The molecule has 0 aliphatic rings. The molecule has 0 saturated carbocycles. The Bertz CT molecular complexity index is 1400. The first kappa shape index (κ1) is 23.9. The van der Waals surface area contributed by atoms with Gasteiger partial charge in [0.25, 0.3) is 5.91 Å². The Kier molecular flexibility index (Phi) is 7.05. The van der Waals surface area contributed by atoms with Crippen molar-refractivity contribution in [3.63, 3.8) is 0 Å². The molecular weight excluding hydrogens is 449 g/mol. The van der Waals surface area contributed by atoms with Crippen molar-refractivity contribution in [1.29, 1.82) is 0 Å². The summed E-state index contributed by atoms with van der Waals surface area (Å²) in [4.78, 5) is 28.8. The summed E-state index contributed by atoms with van der Waals surface area (Å²) < 4.78 is 22.7. The molecule has 0 bridgehead atoms. The van der Waals surface area contributed by atoms with Gasteiger partial charge in [-0.15, -0.1) is 0 Å². The zero-order chi connectivity index (χ0) is 24.9. The lowest BCUT2D eigenvalue weighted by Gasteiger charge is -2.13. The molecule has 4 rings (SSSR count). The van der Waals surface area contributed by atoms with E-state index < -0.39 is 5.82 Å². The number of aromatic nitrogens is 3. The highest BCUT2D eigenvalue weighted by Crippen LogP contribution is 2.32. The number of ether oxygens (including phenoxy) is 1. The van der Waals surface area contributed by atoms with E-state index in [4.69, 9.17) is 4.74 Å². The second-order valence-electron chi connectivity index (χ2n) is 8.15. The zero-order valence-electron chi connectivity index (χ0n) is 19.8. The molecule has 9 heteroatoms. The number of fused-ring (bicyclic) bond motifs is 1. The fourth-order valence-corrected chi connectivity index (χ4v) is 3.74. The van der Waals surface area contributed by atoms with Gasteiger partial charge in [0.2, 0.25) is 5.91 Å². The van der Waals surface area contributed by atoms with Crippen LogP contribution in [0.2, 0.25) is 0 Å². The number of carbonyl (C=O) groups is 2. The number of hydrogen-bond donors (Lipinski definition) is 2. The molecule has 4 aromatic rings. The lowest BCUT2D eigenvalue weighted by molar-refractivity contribution is -0.115. The van der Waals surface area contributed by atoms with Crippen molar-refractivity contribution in [1.82, 2.24) is 20.1 Å². The van der Waals surface area contributed by atoms with Gasteiger partial charge < -0.3 is 15.4 Å². The predicted molar refractivity (Wildman–Crippen MR) is 131 cm³/mol. The van der Waals surface area contributed by atoms with Crippen molar-refractivity contribution < 1.29 is 18.7 Å². The molecule has 0 spiro atoms. The number of rotatable bonds is 8. The third kappa shape index (κ3) is 5.46. The number of amides is 2. The largest absolute Gasteiger partial charge is 0.456 e. The lowest BCUT2D eigenvalue weighted by Crippen LogP contribution is -2.17. The summed E-state index contributed by atoms with van der Waals surface area (Å²) in [5.41, 5.74) is 2.60. The summed E-state index contributed by atoms with van der Waals surface area (Å²) in [6.07, 6.45) is 5.71. The van der Waals surface area contributed by atoms with E-state index in [1.807, 2.05) is 6.92 Å². The van der Waals surface area contributed by atoms with Gasteiger partial charge in [0.05, 0.1) is 23.8 Å². The van der Waals surface area contributed by atoms with Crippen molar-refractivity contribution in [2.75, 3.05) is 12.4 Å². The van der Waals surface area contributed by atoms with Crippen LogP contribution in [0, 0.1) is 12.7 Å². The summed E-state index contributed by atoms with van der Waals surface area (Å²) in [5, 5.41) is 10.1. The van der Waals surface area contributed by atoms with Gasteiger partial charge in [0.1, 0.15) is 17.3 Å². The average molecular weight is 476 g/mol. The topological polar surface area (TPSA) is 98.1 Å². The van der Waals surface area contributed by atoms with E-state index in [2.05, 4.69) is 20.7 Å². The van der Waals surface area contributed by atoms with E-state index >= 15 is 0 Å². The Hall–Kier alpha value is -4.27. The van der Waals surface area contributed by atoms with E-state index in [-0.39, 0.29) is 23.8 Å². The molecule has 2 N–H and O–H groups in total.